The first-order valence-corrected chi connectivity index (χ1v) is 6.85. The lowest BCUT2D eigenvalue weighted by Crippen LogP contribution is -2.38. The summed E-state index contributed by atoms with van der Waals surface area (Å²) in [4.78, 5) is 11.2. The molecule has 0 aromatic heterocycles. The molecule has 0 aliphatic heterocycles. The minimum Gasteiger partial charge on any atom is -0.398 e. The van der Waals surface area contributed by atoms with Gasteiger partial charge in [0.25, 0.3) is 0 Å². The number of ketones is 1. The zero-order chi connectivity index (χ0) is 10.5. The summed E-state index contributed by atoms with van der Waals surface area (Å²) in [6, 6.07) is 0.840. The van der Waals surface area contributed by atoms with Gasteiger partial charge in [-0.05, 0) is 25.1 Å². The Morgan fingerprint density at radius 1 is 1.54 bits per heavy atom. The van der Waals surface area contributed by atoms with Gasteiger partial charge in [0, 0.05) is 7.11 Å². The molecule has 0 amide bonds. The number of Topliss-reactive ketones (excluding diaryl/α,β-unsaturated/α-hetero) is 1. The third kappa shape index (κ3) is 4.35. The first kappa shape index (κ1) is 12.5. The molecule has 13 heavy (non-hydrogen) atoms. The van der Waals surface area contributed by atoms with Crippen LogP contribution >= 0.6 is 0 Å². The van der Waals surface area contributed by atoms with E-state index in [0.717, 1.165) is 6.04 Å². The maximum absolute atomic E-state index is 11.2. The molecule has 1 atom stereocenters. The van der Waals surface area contributed by atoms with E-state index in [1.165, 1.54) is 0 Å². The van der Waals surface area contributed by atoms with Crippen LogP contribution in [0.2, 0.25) is 12.6 Å². The number of hydrogen-bond acceptors (Lipinski definition) is 3. The van der Waals surface area contributed by atoms with E-state index >= 15 is 0 Å². The minimum absolute atomic E-state index is 0.0516. The highest BCUT2D eigenvalue weighted by molar-refractivity contribution is 6.66. The topological polar surface area (TPSA) is 35.5 Å². The van der Waals surface area contributed by atoms with E-state index in [0.29, 0.717) is 5.57 Å². The third-order valence-corrected chi connectivity index (χ3v) is 4.96. The molecule has 0 saturated carbocycles. The summed E-state index contributed by atoms with van der Waals surface area (Å²) in [5.41, 5.74) is 0.531. The summed E-state index contributed by atoms with van der Waals surface area (Å²) in [5.74, 6) is -0.0516. The van der Waals surface area contributed by atoms with E-state index in [2.05, 4.69) is 6.58 Å². The standard InChI is InChI=1S/C9H18O3Si/c1-6-13(5,11-4)12-7-9(10)8(2)3/h2,6-7H2,1,3-5H3. The van der Waals surface area contributed by atoms with E-state index in [9.17, 15) is 4.79 Å². The first-order valence-electron chi connectivity index (χ1n) is 4.33. The predicted molar refractivity (Wildman–Crippen MR) is 54.9 cm³/mol. The molecule has 0 heterocycles. The largest absolute Gasteiger partial charge is 0.398 e. The Balaban J connectivity index is 4.00. The van der Waals surface area contributed by atoms with Crippen LogP contribution in [-0.4, -0.2) is 28.1 Å². The molecule has 0 aliphatic carbocycles. The van der Waals surface area contributed by atoms with Gasteiger partial charge >= 0.3 is 8.56 Å². The average molecular weight is 202 g/mol. The van der Waals surface area contributed by atoms with Crippen LogP contribution in [0.4, 0.5) is 0 Å². The molecule has 0 aromatic rings. The summed E-state index contributed by atoms with van der Waals surface area (Å²) in [5, 5.41) is 0. The highest BCUT2D eigenvalue weighted by Crippen LogP contribution is 2.11. The van der Waals surface area contributed by atoms with Crippen LogP contribution in [0.25, 0.3) is 0 Å². The van der Waals surface area contributed by atoms with Crippen LogP contribution in [-0.2, 0) is 13.6 Å². The zero-order valence-electron chi connectivity index (χ0n) is 8.85. The van der Waals surface area contributed by atoms with Crippen LogP contribution < -0.4 is 0 Å². The van der Waals surface area contributed by atoms with Crippen LogP contribution in [0.3, 0.4) is 0 Å². The number of hydrogen-bond donors (Lipinski definition) is 0. The molecule has 0 aromatic carbocycles. The number of carbonyl (C=O) groups excluding carboxylic acids is 1. The van der Waals surface area contributed by atoms with Gasteiger partial charge in [-0.2, -0.15) is 0 Å². The van der Waals surface area contributed by atoms with E-state index in [-0.39, 0.29) is 12.4 Å². The van der Waals surface area contributed by atoms with E-state index < -0.39 is 8.56 Å². The molecule has 0 spiro atoms. The highest BCUT2D eigenvalue weighted by Gasteiger charge is 2.28. The maximum atomic E-state index is 11.2. The molecule has 1 unspecified atom stereocenters. The Morgan fingerprint density at radius 2 is 2.08 bits per heavy atom. The Hall–Kier alpha value is -0.453. The van der Waals surface area contributed by atoms with Crippen molar-refractivity contribution in [3.05, 3.63) is 12.2 Å². The molecule has 0 saturated heterocycles. The van der Waals surface area contributed by atoms with Gasteiger partial charge in [-0.15, -0.1) is 0 Å². The molecular formula is C9H18O3Si. The van der Waals surface area contributed by atoms with Crippen molar-refractivity contribution in [3.8, 4) is 0 Å². The van der Waals surface area contributed by atoms with Gasteiger partial charge in [-0.1, -0.05) is 13.5 Å². The summed E-state index contributed by atoms with van der Waals surface area (Å²) >= 11 is 0. The second-order valence-corrected chi connectivity index (χ2v) is 6.86. The summed E-state index contributed by atoms with van der Waals surface area (Å²) < 4.78 is 10.7. The Labute approximate surface area is 81.0 Å². The minimum atomic E-state index is -2.07. The summed E-state index contributed by atoms with van der Waals surface area (Å²) in [6.45, 7) is 9.28. The van der Waals surface area contributed by atoms with Crippen LogP contribution in [0, 0.1) is 0 Å². The first-order chi connectivity index (χ1) is 5.95. The third-order valence-electron chi connectivity index (χ3n) is 2.06. The maximum Gasteiger partial charge on any atom is 0.334 e. The Bertz CT molecular complexity index is 197. The van der Waals surface area contributed by atoms with Crippen molar-refractivity contribution in [2.24, 2.45) is 0 Å². The van der Waals surface area contributed by atoms with Crippen molar-refractivity contribution in [1.29, 1.82) is 0 Å². The van der Waals surface area contributed by atoms with Gasteiger partial charge in [0.2, 0.25) is 0 Å². The number of carbonyl (C=O) groups is 1. The second-order valence-electron chi connectivity index (χ2n) is 3.18. The van der Waals surface area contributed by atoms with Gasteiger partial charge in [0.15, 0.2) is 5.78 Å². The van der Waals surface area contributed by atoms with Gasteiger partial charge in [0.1, 0.15) is 0 Å². The summed E-state index contributed by atoms with van der Waals surface area (Å²) in [6.07, 6.45) is 0. The lowest BCUT2D eigenvalue weighted by molar-refractivity contribution is -0.118. The van der Waals surface area contributed by atoms with Crippen molar-refractivity contribution < 1.29 is 13.6 Å². The van der Waals surface area contributed by atoms with Crippen molar-refractivity contribution in [2.45, 2.75) is 26.4 Å². The normalized spacial score (nSPS) is 15.1. The van der Waals surface area contributed by atoms with Crippen molar-refractivity contribution in [3.63, 3.8) is 0 Å². The van der Waals surface area contributed by atoms with E-state index in [1.807, 2.05) is 13.5 Å². The fourth-order valence-electron chi connectivity index (χ4n) is 0.647. The molecule has 3 nitrogen and oxygen atoms in total. The van der Waals surface area contributed by atoms with Gasteiger partial charge in [-0.3, -0.25) is 4.79 Å². The molecule has 0 N–H and O–H groups in total. The zero-order valence-corrected chi connectivity index (χ0v) is 9.85. The molecule has 0 bridgehead atoms. The van der Waals surface area contributed by atoms with Crippen LogP contribution in [0.15, 0.2) is 12.2 Å². The molecule has 4 heteroatoms. The van der Waals surface area contributed by atoms with Crippen molar-refractivity contribution in [1.82, 2.24) is 0 Å². The van der Waals surface area contributed by atoms with E-state index in [4.69, 9.17) is 8.85 Å². The lowest BCUT2D eigenvalue weighted by Gasteiger charge is -2.22. The summed E-state index contributed by atoms with van der Waals surface area (Å²) in [7, 11) is -0.442. The highest BCUT2D eigenvalue weighted by atomic mass is 28.4. The number of rotatable bonds is 6. The smallest absolute Gasteiger partial charge is 0.334 e. The van der Waals surface area contributed by atoms with Crippen LogP contribution in [0.5, 0.6) is 0 Å². The van der Waals surface area contributed by atoms with E-state index in [1.54, 1.807) is 14.0 Å². The SMILES string of the molecule is C=C(C)C(=O)CO[Si](C)(CC)OC. The predicted octanol–water partition coefficient (Wildman–Crippen LogP) is 1.89. The molecule has 0 rings (SSSR count). The fraction of sp³-hybridized carbons (Fsp3) is 0.667. The quantitative estimate of drug-likeness (QED) is 0.487. The van der Waals surface area contributed by atoms with Crippen molar-refractivity contribution >= 4 is 14.3 Å². The monoisotopic (exact) mass is 202 g/mol. The van der Waals surface area contributed by atoms with Gasteiger partial charge in [-0.25, -0.2) is 0 Å². The lowest BCUT2D eigenvalue weighted by atomic mass is 10.2. The molecule has 0 aliphatic rings. The van der Waals surface area contributed by atoms with Crippen molar-refractivity contribution in [2.75, 3.05) is 13.7 Å². The fourth-order valence-corrected chi connectivity index (χ4v) is 1.69. The Morgan fingerprint density at radius 3 is 2.38 bits per heavy atom. The average Bonchev–Trinajstić information content (AvgIpc) is 2.13. The molecule has 0 fully saturated rings. The van der Waals surface area contributed by atoms with Gasteiger partial charge < -0.3 is 8.85 Å². The van der Waals surface area contributed by atoms with Crippen LogP contribution in [0.1, 0.15) is 13.8 Å². The second kappa shape index (κ2) is 5.31. The van der Waals surface area contributed by atoms with Gasteiger partial charge in [0.05, 0.1) is 6.61 Å². The molecule has 0 radical (unpaired) electrons. The molecular weight excluding hydrogens is 184 g/mol. The Kier molecular flexibility index (Phi) is 5.13. The molecule has 76 valence electrons.